The van der Waals surface area contributed by atoms with Crippen molar-refractivity contribution in [1.82, 2.24) is 9.97 Å². The van der Waals surface area contributed by atoms with E-state index in [0.717, 1.165) is 82.6 Å². The zero-order valence-electron chi connectivity index (χ0n) is 29.6. The number of aromatic nitrogens is 2. The molecule has 4 nitrogen and oxygen atoms in total. The highest BCUT2D eigenvalue weighted by Crippen LogP contribution is 2.44. The van der Waals surface area contributed by atoms with Crippen molar-refractivity contribution < 1.29 is 4.42 Å². The summed E-state index contributed by atoms with van der Waals surface area (Å²) in [6.45, 7) is 0. The van der Waals surface area contributed by atoms with E-state index in [1.165, 1.54) is 15.5 Å². The molecule has 0 amide bonds. The Labute approximate surface area is 321 Å². The number of para-hydroxylation sites is 3. The van der Waals surface area contributed by atoms with Gasteiger partial charge in [0, 0.05) is 49.0 Å². The first-order chi connectivity index (χ1) is 27.2. The third-order valence-corrected chi connectivity index (χ3v) is 11.6. The fourth-order valence-corrected chi connectivity index (χ4v) is 9.00. The van der Waals surface area contributed by atoms with Gasteiger partial charge in [-0.1, -0.05) is 121 Å². The maximum absolute atomic E-state index is 6.60. The third kappa shape index (κ3) is 5.36. The summed E-state index contributed by atoms with van der Waals surface area (Å²) in [5, 5.41) is 5.57. The quantitative estimate of drug-likeness (QED) is 0.171. The lowest BCUT2D eigenvalue weighted by Crippen LogP contribution is -2.09. The molecule has 0 atom stereocenters. The van der Waals surface area contributed by atoms with E-state index in [9.17, 15) is 0 Å². The molecule has 3 heterocycles. The zero-order chi connectivity index (χ0) is 36.3. The SMILES string of the molecule is c1ccc(N(c2ccccc2)c2ccc(-c3cc(-c4nc(-c5ccc6ccccc6c5)c5sc6ccccc6c5n4)c4c(c3)oc3ccccc34)cc2)cc1. The maximum Gasteiger partial charge on any atom is 0.161 e. The molecule has 0 spiro atoms. The van der Waals surface area contributed by atoms with Gasteiger partial charge in [0.1, 0.15) is 11.2 Å². The van der Waals surface area contributed by atoms with Crippen molar-refractivity contribution in [3.63, 3.8) is 0 Å². The van der Waals surface area contributed by atoms with E-state index in [-0.39, 0.29) is 0 Å². The molecule has 0 aliphatic heterocycles. The number of thiophene rings is 1. The molecule has 0 saturated heterocycles. The number of nitrogens with zero attached hydrogens (tertiary/aromatic N) is 3. The first kappa shape index (κ1) is 31.4. The number of fused-ring (bicyclic) bond motifs is 7. The number of hydrogen-bond acceptors (Lipinski definition) is 5. The number of hydrogen-bond donors (Lipinski definition) is 0. The lowest BCUT2D eigenvalue weighted by Gasteiger charge is -2.25. The smallest absolute Gasteiger partial charge is 0.161 e. The van der Waals surface area contributed by atoms with Gasteiger partial charge in [0.2, 0.25) is 0 Å². The minimum absolute atomic E-state index is 0.675. The van der Waals surface area contributed by atoms with Gasteiger partial charge in [0.25, 0.3) is 0 Å². The predicted molar refractivity (Wildman–Crippen MR) is 231 cm³/mol. The molecule has 5 heteroatoms. The number of anilines is 3. The van der Waals surface area contributed by atoms with Crippen LogP contribution in [0, 0.1) is 0 Å². The van der Waals surface area contributed by atoms with E-state index in [2.05, 4.69) is 181 Å². The third-order valence-electron chi connectivity index (χ3n) is 10.4. The first-order valence-corrected chi connectivity index (χ1v) is 19.2. The van der Waals surface area contributed by atoms with Gasteiger partial charge in [0.05, 0.1) is 15.9 Å². The Balaban J connectivity index is 1.13. The molecule has 0 radical (unpaired) electrons. The lowest BCUT2D eigenvalue weighted by molar-refractivity contribution is 0.669. The minimum Gasteiger partial charge on any atom is -0.456 e. The average Bonchev–Trinajstić information content (AvgIpc) is 3.82. The second kappa shape index (κ2) is 12.8. The second-order valence-electron chi connectivity index (χ2n) is 13.8. The molecule has 0 unspecified atom stereocenters. The largest absolute Gasteiger partial charge is 0.456 e. The van der Waals surface area contributed by atoms with Crippen LogP contribution in [-0.4, -0.2) is 9.97 Å². The monoisotopic (exact) mass is 721 g/mol. The van der Waals surface area contributed by atoms with E-state index in [4.69, 9.17) is 14.4 Å². The van der Waals surface area contributed by atoms with Crippen LogP contribution in [0.2, 0.25) is 0 Å². The Morgan fingerprint density at radius 1 is 0.455 bits per heavy atom. The molecule has 11 rings (SSSR count). The topological polar surface area (TPSA) is 42.2 Å². The summed E-state index contributed by atoms with van der Waals surface area (Å²) in [4.78, 5) is 13.2. The summed E-state index contributed by atoms with van der Waals surface area (Å²) in [5.41, 5.74) is 10.9. The van der Waals surface area contributed by atoms with E-state index in [0.29, 0.717) is 5.82 Å². The maximum atomic E-state index is 6.60. The van der Waals surface area contributed by atoms with Crippen LogP contribution in [0.3, 0.4) is 0 Å². The fourth-order valence-electron chi connectivity index (χ4n) is 7.85. The normalized spacial score (nSPS) is 11.6. The second-order valence-corrected chi connectivity index (χ2v) is 14.8. The molecule has 0 fully saturated rings. The highest BCUT2D eigenvalue weighted by atomic mass is 32.1. The number of benzene rings is 8. The summed E-state index contributed by atoms with van der Waals surface area (Å²) in [6.07, 6.45) is 0. The summed E-state index contributed by atoms with van der Waals surface area (Å²) in [7, 11) is 0. The summed E-state index contributed by atoms with van der Waals surface area (Å²) in [5.74, 6) is 0.675. The molecule has 3 aromatic heterocycles. The molecule has 8 aromatic carbocycles. The molecule has 0 aliphatic carbocycles. The van der Waals surface area contributed by atoms with Crippen molar-refractivity contribution in [1.29, 1.82) is 0 Å². The highest BCUT2D eigenvalue weighted by molar-refractivity contribution is 7.26. The van der Waals surface area contributed by atoms with Crippen molar-refractivity contribution in [3.8, 4) is 33.8 Å². The molecule has 0 N–H and O–H groups in total. The van der Waals surface area contributed by atoms with Crippen LogP contribution in [0.1, 0.15) is 0 Å². The summed E-state index contributed by atoms with van der Waals surface area (Å²) < 4.78 is 8.88. The van der Waals surface area contributed by atoms with Gasteiger partial charge in [0.15, 0.2) is 5.82 Å². The molecule has 11 aromatic rings. The van der Waals surface area contributed by atoms with Crippen LogP contribution in [0.5, 0.6) is 0 Å². The van der Waals surface area contributed by atoms with Crippen LogP contribution in [-0.2, 0) is 0 Å². The molecule has 0 aliphatic rings. The Morgan fingerprint density at radius 2 is 1.09 bits per heavy atom. The summed E-state index contributed by atoms with van der Waals surface area (Å²) >= 11 is 1.75. The lowest BCUT2D eigenvalue weighted by atomic mass is 9.97. The zero-order valence-corrected chi connectivity index (χ0v) is 30.4. The summed E-state index contributed by atoms with van der Waals surface area (Å²) in [6, 6.07) is 66.0. The van der Waals surface area contributed by atoms with Crippen LogP contribution in [0.4, 0.5) is 17.1 Å². The van der Waals surface area contributed by atoms with Crippen molar-refractivity contribution in [3.05, 3.63) is 188 Å². The van der Waals surface area contributed by atoms with E-state index in [1.807, 2.05) is 12.1 Å². The van der Waals surface area contributed by atoms with Crippen LogP contribution >= 0.6 is 11.3 Å². The molecule has 0 saturated carbocycles. The predicted octanol–water partition coefficient (Wildman–Crippen LogP) is 14.4. The van der Waals surface area contributed by atoms with Gasteiger partial charge in [-0.25, -0.2) is 9.97 Å². The van der Waals surface area contributed by atoms with Gasteiger partial charge >= 0.3 is 0 Å². The molecular formula is C50H31N3OS. The Hall–Kier alpha value is -7.08. The number of rotatable bonds is 6. The Bertz CT molecular complexity index is 3160. The van der Waals surface area contributed by atoms with Crippen LogP contribution < -0.4 is 4.90 Å². The first-order valence-electron chi connectivity index (χ1n) is 18.4. The fraction of sp³-hybridized carbons (Fsp3) is 0. The van der Waals surface area contributed by atoms with Gasteiger partial charge < -0.3 is 9.32 Å². The Morgan fingerprint density at radius 3 is 1.87 bits per heavy atom. The average molecular weight is 722 g/mol. The van der Waals surface area contributed by atoms with Gasteiger partial charge in [-0.2, -0.15) is 0 Å². The van der Waals surface area contributed by atoms with Crippen molar-refractivity contribution >= 4 is 81.4 Å². The van der Waals surface area contributed by atoms with Crippen LogP contribution in [0.25, 0.3) is 86.8 Å². The van der Waals surface area contributed by atoms with E-state index < -0.39 is 0 Å². The van der Waals surface area contributed by atoms with Crippen molar-refractivity contribution in [2.75, 3.05) is 4.90 Å². The van der Waals surface area contributed by atoms with Gasteiger partial charge in [-0.3, -0.25) is 0 Å². The standard InChI is InChI=1S/C50H31N3OS/c1-3-15-37(16-4-1)53(38-17-5-2-6-18-38)39-27-25-33(26-28-39)36-30-42(46-40-19-9-11-21-43(40)54-44(46)31-36)50-51-47(35-24-23-32-13-7-8-14-34(32)29-35)49-48(52-50)41-20-10-12-22-45(41)55-49/h1-31H. The van der Waals surface area contributed by atoms with Crippen molar-refractivity contribution in [2.24, 2.45) is 0 Å². The molecule has 55 heavy (non-hydrogen) atoms. The van der Waals surface area contributed by atoms with Crippen molar-refractivity contribution in [2.45, 2.75) is 0 Å². The van der Waals surface area contributed by atoms with Gasteiger partial charge in [-0.15, -0.1) is 11.3 Å². The van der Waals surface area contributed by atoms with E-state index in [1.54, 1.807) is 11.3 Å². The molecule has 258 valence electrons. The minimum atomic E-state index is 0.675. The van der Waals surface area contributed by atoms with E-state index >= 15 is 0 Å². The van der Waals surface area contributed by atoms with Gasteiger partial charge in [-0.05, 0) is 88.6 Å². The highest BCUT2D eigenvalue weighted by Gasteiger charge is 2.22. The Kier molecular flexibility index (Phi) is 7.32. The number of furan rings is 1. The molecule has 0 bridgehead atoms. The van der Waals surface area contributed by atoms with Crippen LogP contribution in [0.15, 0.2) is 192 Å². The molecular weight excluding hydrogens is 691 g/mol.